The van der Waals surface area contributed by atoms with Crippen molar-refractivity contribution in [2.45, 2.75) is 12.2 Å². The van der Waals surface area contributed by atoms with Crippen molar-refractivity contribution >= 4 is 0 Å². The van der Waals surface area contributed by atoms with Gasteiger partial charge in [0.2, 0.25) is 0 Å². The Morgan fingerprint density at radius 3 is 1.39 bits per heavy atom. The van der Waals surface area contributed by atoms with E-state index < -0.39 is 0 Å². The molecule has 0 aliphatic carbocycles. The summed E-state index contributed by atoms with van der Waals surface area (Å²) in [5, 5.41) is 0. The second-order valence-electron chi connectivity index (χ2n) is 4.40. The molecular formula is C16H16O2. The molecule has 0 saturated carbocycles. The summed E-state index contributed by atoms with van der Waals surface area (Å²) in [5.74, 6) is 0. The maximum absolute atomic E-state index is 5.91. The van der Waals surface area contributed by atoms with Crippen LogP contribution in [0.4, 0.5) is 0 Å². The fourth-order valence-corrected chi connectivity index (χ4v) is 2.35. The Morgan fingerprint density at radius 2 is 1.00 bits per heavy atom. The SMILES string of the molecule is c1ccc([C@H]2OCCO[C@@H]2c2ccccc2)cc1. The summed E-state index contributed by atoms with van der Waals surface area (Å²) < 4.78 is 11.8. The predicted octanol–water partition coefficient (Wildman–Crippen LogP) is 3.52. The molecule has 2 nitrogen and oxygen atoms in total. The minimum absolute atomic E-state index is 0.0117. The van der Waals surface area contributed by atoms with E-state index in [9.17, 15) is 0 Å². The van der Waals surface area contributed by atoms with Gasteiger partial charge in [0.25, 0.3) is 0 Å². The molecule has 2 atom stereocenters. The van der Waals surface area contributed by atoms with E-state index in [1.165, 1.54) is 11.1 Å². The van der Waals surface area contributed by atoms with Gasteiger partial charge in [-0.25, -0.2) is 0 Å². The summed E-state index contributed by atoms with van der Waals surface area (Å²) in [6.07, 6.45) is -0.0234. The summed E-state index contributed by atoms with van der Waals surface area (Å²) in [6, 6.07) is 20.6. The Kier molecular flexibility index (Phi) is 3.40. The van der Waals surface area contributed by atoms with Gasteiger partial charge >= 0.3 is 0 Å². The molecule has 1 aliphatic rings. The third-order valence-electron chi connectivity index (χ3n) is 3.21. The van der Waals surface area contributed by atoms with Gasteiger partial charge in [-0.05, 0) is 11.1 Å². The largest absolute Gasteiger partial charge is 0.368 e. The zero-order valence-corrected chi connectivity index (χ0v) is 10.2. The second kappa shape index (κ2) is 5.34. The van der Waals surface area contributed by atoms with E-state index in [-0.39, 0.29) is 12.2 Å². The topological polar surface area (TPSA) is 18.5 Å². The van der Waals surface area contributed by atoms with Crippen LogP contribution in [0.15, 0.2) is 60.7 Å². The van der Waals surface area contributed by atoms with Crippen LogP contribution in [0.1, 0.15) is 23.3 Å². The third kappa shape index (κ3) is 2.30. The van der Waals surface area contributed by atoms with Crippen molar-refractivity contribution < 1.29 is 9.47 Å². The average molecular weight is 240 g/mol. The Balaban J connectivity index is 1.92. The molecule has 0 N–H and O–H groups in total. The molecule has 0 radical (unpaired) electrons. The van der Waals surface area contributed by atoms with Crippen molar-refractivity contribution in [3.8, 4) is 0 Å². The summed E-state index contributed by atoms with van der Waals surface area (Å²) in [5.41, 5.74) is 2.34. The molecule has 92 valence electrons. The number of hydrogen-bond donors (Lipinski definition) is 0. The monoisotopic (exact) mass is 240 g/mol. The molecule has 1 fully saturated rings. The molecule has 2 aromatic rings. The lowest BCUT2D eigenvalue weighted by molar-refractivity contribution is -0.145. The summed E-state index contributed by atoms with van der Waals surface area (Å²) in [7, 11) is 0. The Labute approximate surface area is 107 Å². The Hall–Kier alpha value is -1.64. The molecule has 0 spiro atoms. The first-order chi connectivity index (χ1) is 8.95. The molecule has 1 aliphatic heterocycles. The molecule has 1 saturated heterocycles. The number of benzene rings is 2. The van der Waals surface area contributed by atoms with E-state index in [0.29, 0.717) is 13.2 Å². The fourth-order valence-electron chi connectivity index (χ4n) is 2.35. The summed E-state index contributed by atoms with van der Waals surface area (Å²) >= 11 is 0. The van der Waals surface area contributed by atoms with E-state index in [2.05, 4.69) is 24.3 Å². The zero-order chi connectivity index (χ0) is 12.2. The van der Waals surface area contributed by atoms with Crippen LogP contribution in [0.25, 0.3) is 0 Å². The van der Waals surface area contributed by atoms with Crippen molar-refractivity contribution in [3.05, 3.63) is 71.8 Å². The average Bonchev–Trinajstić information content (AvgIpc) is 2.49. The molecule has 2 heteroatoms. The maximum Gasteiger partial charge on any atom is 0.113 e. The van der Waals surface area contributed by atoms with Crippen molar-refractivity contribution in [3.63, 3.8) is 0 Å². The van der Waals surface area contributed by atoms with E-state index >= 15 is 0 Å². The highest BCUT2D eigenvalue weighted by Gasteiger charge is 2.29. The standard InChI is InChI=1S/C16H16O2/c1-3-7-13(8-4-1)15-16(18-12-11-17-15)14-9-5-2-6-10-14/h1-10,15-16H,11-12H2/t15-,16-/m1/s1. The second-order valence-corrected chi connectivity index (χ2v) is 4.40. The lowest BCUT2D eigenvalue weighted by atomic mass is 9.97. The van der Waals surface area contributed by atoms with Crippen molar-refractivity contribution in [2.24, 2.45) is 0 Å². The molecule has 0 unspecified atom stereocenters. The Bertz CT molecular complexity index is 433. The number of ether oxygens (including phenoxy) is 2. The Morgan fingerprint density at radius 1 is 0.611 bits per heavy atom. The van der Waals surface area contributed by atoms with Crippen LogP contribution in [-0.2, 0) is 9.47 Å². The molecule has 2 aromatic carbocycles. The minimum atomic E-state index is -0.0117. The third-order valence-corrected chi connectivity index (χ3v) is 3.21. The zero-order valence-electron chi connectivity index (χ0n) is 10.2. The van der Waals surface area contributed by atoms with Gasteiger partial charge in [-0.1, -0.05) is 60.7 Å². The molecule has 1 heterocycles. The van der Waals surface area contributed by atoms with Gasteiger partial charge in [0.15, 0.2) is 0 Å². The predicted molar refractivity (Wildman–Crippen MR) is 70.3 cm³/mol. The molecule has 3 rings (SSSR count). The molecule has 0 aromatic heterocycles. The van der Waals surface area contributed by atoms with Gasteiger partial charge < -0.3 is 9.47 Å². The van der Waals surface area contributed by atoms with Crippen LogP contribution in [0.5, 0.6) is 0 Å². The van der Waals surface area contributed by atoms with Crippen LogP contribution in [0.3, 0.4) is 0 Å². The highest BCUT2D eigenvalue weighted by molar-refractivity contribution is 5.25. The van der Waals surface area contributed by atoms with E-state index in [4.69, 9.17) is 9.47 Å². The van der Waals surface area contributed by atoms with Crippen molar-refractivity contribution in [1.82, 2.24) is 0 Å². The highest BCUT2D eigenvalue weighted by Crippen LogP contribution is 2.37. The first-order valence-electron chi connectivity index (χ1n) is 6.28. The fraction of sp³-hybridized carbons (Fsp3) is 0.250. The first-order valence-corrected chi connectivity index (χ1v) is 6.28. The number of rotatable bonds is 2. The number of hydrogen-bond acceptors (Lipinski definition) is 2. The minimum Gasteiger partial charge on any atom is -0.368 e. The highest BCUT2D eigenvalue weighted by atomic mass is 16.6. The van der Waals surface area contributed by atoms with Crippen LogP contribution in [0.2, 0.25) is 0 Å². The van der Waals surface area contributed by atoms with Crippen LogP contribution < -0.4 is 0 Å². The lowest BCUT2D eigenvalue weighted by Crippen LogP contribution is -2.26. The van der Waals surface area contributed by atoms with Gasteiger partial charge in [0, 0.05) is 0 Å². The maximum atomic E-state index is 5.91. The van der Waals surface area contributed by atoms with Gasteiger partial charge in [-0.2, -0.15) is 0 Å². The van der Waals surface area contributed by atoms with Gasteiger partial charge in [-0.15, -0.1) is 0 Å². The van der Waals surface area contributed by atoms with Crippen molar-refractivity contribution in [1.29, 1.82) is 0 Å². The van der Waals surface area contributed by atoms with Crippen LogP contribution >= 0.6 is 0 Å². The summed E-state index contributed by atoms with van der Waals surface area (Å²) in [4.78, 5) is 0. The smallest absolute Gasteiger partial charge is 0.113 e. The molecule has 0 amide bonds. The van der Waals surface area contributed by atoms with Gasteiger partial charge in [0.05, 0.1) is 13.2 Å². The summed E-state index contributed by atoms with van der Waals surface area (Å²) in [6.45, 7) is 1.31. The molecular weight excluding hydrogens is 224 g/mol. The van der Waals surface area contributed by atoms with Crippen LogP contribution in [-0.4, -0.2) is 13.2 Å². The van der Waals surface area contributed by atoms with E-state index in [0.717, 1.165) is 0 Å². The van der Waals surface area contributed by atoms with E-state index in [1.54, 1.807) is 0 Å². The normalized spacial score (nSPS) is 23.8. The molecule has 0 bridgehead atoms. The first kappa shape index (κ1) is 11.5. The molecule has 18 heavy (non-hydrogen) atoms. The van der Waals surface area contributed by atoms with Gasteiger partial charge in [-0.3, -0.25) is 0 Å². The van der Waals surface area contributed by atoms with Gasteiger partial charge in [0.1, 0.15) is 12.2 Å². The van der Waals surface area contributed by atoms with Crippen LogP contribution in [0, 0.1) is 0 Å². The lowest BCUT2D eigenvalue weighted by Gasteiger charge is -2.32. The van der Waals surface area contributed by atoms with E-state index in [1.807, 2.05) is 36.4 Å². The van der Waals surface area contributed by atoms with Crippen molar-refractivity contribution in [2.75, 3.05) is 13.2 Å². The quantitative estimate of drug-likeness (QED) is 0.799.